The van der Waals surface area contributed by atoms with Gasteiger partial charge in [-0.05, 0) is 59.3 Å². The molecular weight excluding hydrogens is 374 g/mol. The van der Waals surface area contributed by atoms with E-state index >= 15 is 0 Å². The number of aryl methyl sites for hydroxylation is 2. The van der Waals surface area contributed by atoms with Gasteiger partial charge in [0.25, 0.3) is 5.91 Å². The maximum Gasteiger partial charge on any atom is 0.339 e. The lowest BCUT2D eigenvalue weighted by Gasteiger charge is -2.03. The highest BCUT2D eigenvalue weighted by Crippen LogP contribution is 2.39. The number of carbonyl (C=O) groups is 2. The second-order valence-electron chi connectivity index (χ2n) is 4.89. The van der Waals surface area contributed by atoms with Crippen molar-refractivity contribution in [1.29, 1.82) is 0 Å². The van der Waals surface area contributed by atoms with Gasteiger partial charge in [0.2, 0.25) is 0 Å². The number of anilines is 1. The van der Waals surface area contributed by atoms with Gasteiger partial charge in [0.15, 0.2) is 0 Å². The first kappa shape index (κ1) is 14.7. The molecule has 1 amide bonds. The molecule has 0 bridgehead atoms. The second kappa shape index (κ2) is 5.55. The molecule has 0 saturated carbocycles. The molecular formula is C14H12BrNO3S2. The number of hydrogen-bond acceptors (Lipinski definition) is 4. The number of thiophene rings is 2. The molecule has 1 aliphatic rings. The number of halogens is 1. The number of aromatic carboxylic acids is 1. The van der Waals surface area contributed by atoms with Gasteiger partial charge in [0.1, 0.15) is 5.00 Å². The van der Waals surface area contributed by atoms with E-state index in [1.807, 2.05) is 6.92 Å². The Bertz CT molecular complexity index is 728. The standard InChI is InChI=1S/C14H12BrNO3S2/c1-6-5-9(20-11(6)15)12(17)16-13-10(14(18)19)7-3-2-4-8(7)21-13/h5H,2-4H2,1H3,(H,16,17)(H,18,19). The molecule has 21 heavy (non-hydrogen) atoms. The Labute approximate surface area is 137 Å². The number of hydrogen-bond donors (Lipinski definition) is 2. The predicted octanol–water partition coefficient (Wildman–Crippen LogP) is 4.32. The van der Waals surface area contributed by atoms with Crippen LogP contribution in [0, 0.1) is 6.92 Å². The van der Waals surface area contributed by atoms with Crippen molar-refractivity contribution in [2.45, 2.75) is 26.2 Å². The number of nitrogens with one attached hydrogen (secondary N) is 1. The molecule has 0 aromatic carbocycles. The molecule has 0 radical (unpaired) electrons. The summed E-state index contributed by atoms with van der Waals surface area (Å²) in [6.07, 6.45) is 2.68. The number of carboxylic acids is 1. The van der Waals surface area contributed by atoms with Gasteiger partial charge in [0.05, 0.1) is 14.2 Å². The van der Waals surface area contributed by atoms with Gasteiger partial charge in [-0.3, -0.25) is 4.79 Å². The van der Waals surface area contributed by atoms with Gasteiger partial charge >= 0.3 is 5.97 Å². The van der Waals surface area contributed by atoms with Crippen molar-refractivity contribution in [3.63, 3.8) is 0 Å². The molecule has 0 atom stereocenters. The lowest BCUT2D eigenvalue weighted by atomic mass is 10.1. The van der Waals surface area contributed by atoms with E-state index in [2.05, 4.69) is 21.2 Å². The predicted molar refractivity (Wildman–Crippen MR) is 88.0 cm³/mol. The van der Waals surface area contributed by atoms with Crippen LogP contribution in [0.3, 0.4) is 0 Å². The monoisotopic (exact) mass is 385 g/mol. The lowest BCUT2D eigenvalue weighted by molar-refractivity contribution is 0.0697. The van der Waals surface area contributed by atoms with Gasteiger partial charge in [0, 0.05) is 4.88 Å². The van der Waals surface area contributed by atoms with Crippen LogP contribution in [0.4, 0.5) is 5.00 Å². The summed E-state index contributed by atoms with van der Waals surface area (Å²) >= 11 is 6.13. The van der Waals surface area contributed by atoms with Crippen molar-refractivity contribution in [3.8, 4) is 0 Å². The highest BCUT2D eigenvalue weighted by Gasteiger charge is 2.27. The summed E-state index contributed by atoms with van der Waals surface area (Å²) in [7, 11) is 0. The van der Waals surface area contributed by atoms with Gasteiger partial charge in [-0.2, -0.15) is 0 Å². The van der Waals surface area contributed by atoms with Gasteiger partial charge in [-0.25, -0.2) is 4.79 Å². The maximum atomic E-state index is 12.3. The van der Waals surface area contributed by atoms with Crippen molar-refractivity contribution < 1.29 is 14.7 Å². The van der Waals surface area contributed by atoms with Crippen LogP contribution in [-0.4, -0.2) is 17.0 Å². The number of rotatable bonds is 3. The van der Waals surface area contributed by atoms with E-state index in [-0.39, 0.29) is 11.5 Å². The van der Waals surface area contributed by atoms with Crippen LogP contribution in [0.2, 0.25) is 0 Å². The molecule has 1 aliphatic carbocycles. The molecule has 2 heterocycles. The number of carbonyl (C=O) groups excluding carboxylic acids is 1. The molecule has 0 spiro atoms. The molecule has 3 rings (SSSR count). The molecule has 4 nitrogen and oxygen atoms in total. The minimum absolute atomic E-state index is 0.253. The number of carboxylic acid groups (broad SMARTS) is 1. The molecule has 0 aliphatic heterocycles. The number of fused-ring (bicyclic) bond motifs is 1. The van der Waals surface area contributed by atoms with Crippen LogP contribution in [-0.2, 0) is 12.8 Å². The van der Waals surface area contributed by atoms with E-state index in [0.29, 0.717) is 9.88 Å². The normalized spacial score (nSPS) is 13.2. The van der Waals surface area contributed by atoms with Crippen LogP contribution in [0.1, 0.15) is 42.5 Å². The zero-order valence-electron chi connectivity index (χ0n) is 11.2. The molecule has 7 heteroatoms. The van der Waals surface area contributed by atoms with Gasteiger partial charge < -0.3 is 10.4 Å². The van der Waals surface area contributed by atoms with Crippen LogP contribution >= 0.6 is 38.6 Å². The van der Waals surface area contributed by atoms with E-state index in [0.717, 1.165) is 39.1 Å². The van der Waals surface area contributed by atoms with Crippen molar-refractivity contribution in [1.82, 2.24) is 0 Å². The van der Waals surface area contributed by atoms with E-state index in [4.69, 9.17) is 0 Å². The first-order valence-corrected chi connectivity index (χ1v) is 8.85. The Morgan fingerprint density at radius 1 is 1.33 bits per heavy atom. The smallest absolute Gasteiger partial charge is 0.339 e. The summed E-state index contributed by atoms with van der Waals surface area (Å²) in [5, 5.41) is 12.6. The molecule has 0 unspecified atom stereocenters. The van der Waals surface area contributed by atoms with Crippen LogP contribution < -0.4 is 5.32 Å². The Morgan fingerprint density at radius 2 is 2.10 bits per heavy atom. The molecule has 110 valence electrons. The number of amides is 1. The molecule has 2 N–H and O–H groups in total. The molecule has 0 fully saturated rings. The molecule has 2 aromatic rings. The van der Waals surface area contributed by atoms with Crippen molar-refractivity contribution in [2.24, 2.45) is 0 Å². The molecule has 2 aromatic heterocycles. The maximum absolute atomic E-state index is 12.3. The first-order chi connectivity index (χ1) is 9.97. The van der Waals surface area contributed by atoms with Crippen molar-refractivity contribution in [2.75, 3.05) is 5.32 Å². The fraction of sp³-hybridized carbons (Fsp3) is 0.286. The van der Waals surface area contributed by atoms with Crippen LogP contribution in [0.15, 0.2) is 9.85 Å². The minimum Gasteiger partial charge on any atom is -0.478 e. The fourth-order valence-electron chi connectivity index (χ4n) is 2.46. The zero-order chi connectivity index (χ0) is 15.1. The Kier molecular flexibility index (Phi) is 3.90. The van der Waals surface area contributed by atoms with E-state index in [1.165, 1.54) is 22.7 Å². The minimum atomic E-state index is -0.965. The largest absolute Gasteiger partial charge is 0.478 e. The quantitative estimate of drug-likeness (QED) is 0.826. The average molecular weight is 386 g/mol. The van der Waals surface area contributed by atoms with Gasteiger partial charge in [-0.1, -0.05) is 0 Å². The molecule has 0 saturated heterocycles. The highest BCUT2D eigenvalue weighted by molar-refractivity contribution is 9.11. The zero-order valence-corrected chi connectivity index (χ0v) is 14.4. The van der Waals surface area contributed by atoms with E-state index in [1.54, 1.807) is 6.07 Å². The third-order valence-electron chi connectivity index (χ3n) is 3.44. The third kappa shape index (κ3) is 2.65. The SMILES string of the molecule is Cc1cc(C(=O)Nc2sc3c(c2C(=O)O)CCC3)sc1Br. The topological polar surface area (TPSA) is 66.4 Å². The van der Waals surface area contributed by atoms with E-state index in [9.17, 15) is 14.7 Å². The van der Waals surface area contributed by atoms with Crippen molar-refractivity contribution in [3.05, 3.63) is 36.3 Å². The Hall–Kier alpha value is -1.18. The van der Waals surface area contributed by atoms with Gasteiger partial charge in [-0.15, -0.1) is 22.7 Å². The lowest BCUT2D eigenvalue weighted by Crippen LogP contribution is -2.12. The first-order valence-electron chi connectivity index (χ1n) is 6.42. The summed E-state index contributed by atoms with van der Waals surface area (Å²) in [4.78, 5) is 25.4. The van der Waals surface area contributed by atoms with Crippen LogP contribution in [0.25, 0.3) is 0 Å². The second-order valence-corrected chi connectivity index (χ2v) is 8.36. The summed E-state index contributed by atoms with van der Waals surface area (Å²) in [6, 6.07) is 1.80. The Balaban J connectivity index is 1.91. The third-order valence-corrected chi connectivity index (χ3v) is 6.79. The van der Waals surface area contributed by atoms with Crippen molar-refractivity contribution >= 4 is 55.5 Å². The summed E-state index contributed by atoms with van der Waals surface area (Å²) in [6.45, 7) is 1.92. The summed E-state index contributed by atoms with van der Waals surface area (Å²) in [5.41, 5.74) is 2.16. The average Bonchev–Trinajstić information content (AvgIpc) is 3.04. The van der Waals surface area contributed by atoms with Crippen LogP contribution in [0.5, 0.6) is 0 Å². The summed E-state index contributed by atoms with van der Waals surface area (Å²) in [5.74, 6) is -1.22. The Morgan fingerprint density at radius 3 is 2.71 bits per heavy atom. The fourth-order valence-corrected chi connectivity index (χ4v) is 5.16. The van der Waals surface area contributed by atoms with E-state index < -0.39 is 5.97 Å². The highest BCUT2D eigenvalue weighted by atomic mass is 79.9. The summed E-state index contributed by atoms with van der Waals surface area (Å²) < 4.78 is 0.916.